The number of carbonyl (C=O) groups is 1. The summed E-state index contributed by atoms with van der Waals surface area (Å²) in [7, 11) is -1.62. The molecule has 5 atom stereocenters. The van der Waals surface area contributed by atoms with E-state index in [4.69, 9.17) is 9.47 Å². The molecule has 4 rings (SSSR count). The van der Waals surface area contributed by atoms with E-state index in [0.717, 1.165) is 24.1 Å². The van der Waals surface area contributed by atoms with Crippen molar-refractivity contribution in [3.05, 3.63) is 58.5 Å². The number of likely N-dealkylation sites (tertiary alicyclic amines) is 1. The van der Waals surface area contributed by atoms with Crippen molar-refractivity contribution in [2.24, 2.45) is 5.92 Å². The summed E-state index contributed by atoms with van der Waals surface area (Å²) in [5.41, 5.74) is 1.32. The number of hydrogen-bond donors (Lipinski definition) is 1. The number of benzene rings is 1. The fraction of sp³-hybridized carbons (Fsp3) is 0.571. The first-order chi connectivity index (χ1) is 17.6. The summed E-state index contributed by atoms with van der Waals surface area (Å²) in [4.78, 5) is 27.5. The van der Waals surface area contributed by atoms with Crippen LogP contribution >= 0.6 is 0 Å². The third kappa shape index (κ3) is 5.99. The van der Waals surface area contributed by atoms with Crippen LogP contribution in [0, 0.1) is 5.92 Å². The fourth-order valence-corrected chi connectivity index (χ4v) is 8.77. The van der Waals surface area contributed by atoms with Gasteiger partial charge in [0.2, 0.25) is 14.3 Å². The van der Waals surface area contributed by atoms with Gasteiger partial charge in [-0.15, -0.1) is 0 Å². The van der Waals surface area contributed by atoms with Gasteiger partial charge in [0.25, 0.3) is 5.56 Å². The second-order valence-electron chi connectivity index (χ2n) is 10.9. The normalized spacial score (nSPS) is 26.0. The Labute approximate surface area is 219 Å². The molecule has 0 radical (unpaired) electrons. The number of aliphatic hydroxyl groups is 1. The Hall–Kier alpha value is -2.49. The van der Waals surface area contributed by atoms with Crippen molar-refractivity contribution in [2.45, 2.75) is 75.9 Å². The maximum Gasteiger partial charge on any atom is 0.297 e. The number of pyridine rings is 1. The molecule has 1 N–H and O–H groups in total. The van der Waals surface area contributed by atoms with Crippen molar-refractivity contribution in [2.75, 3.05) is 20.3 Å². The van der Waals surface area contributed by atoms with Gasteiger partial charge in [-0.05, 0) is 74.5 Å². The largest absolute Gasteiger partial charge is 0.491 e. The minimum absolute atomic E-state index is 0.000806. The molecular weight excluding hydrogens is 491 g/mol. The maximum atomic E-state index is 15.5. The van der Waals surface area contributed by atoms with Gasteiger partial charge in [0.05, 0.1) is 38.4 Å². The van der Waals surface area contributed by atoms with Gasteiger partial charge in [-0.3, -0.25) is 14.2 Å². The predicted octanol–water partition coefficient (Wildman–Crippen LogP) is 4.10. The molecule has 0 spiro atoms. The van der Waals surface area contributed by atoms with Gasteiger partial charge >= 0.3 is 0 Å². The molecule has 0 aliphatic carbocycles. The third-order valence-corrected chi connectivity index (χ3v) is 10.5. The lowest BCUT2D eigenvalue weighted by Crippen LogP contribution is -2.42. The summed E-state index contributed by atoms with van der Waals surface area (Å²) in [6.45, 7) is 6.07. The molecule has 37 heavy (non-hydrogen) atoms. The average Bonchev–Trinajstić information content (AvgIpc) is 3.47. The first-order valence-electron chi connectivity index (χ1n) is 13.2. The number of aromatic nitrogens is 1. The van der Waals surface area contributed by atoms with E-state index in [-0.39, 0.29) is 53.8 Å². The van der Waals surface area contributed by atoms with Crippen LogP contribution in [0.2, 0.25) is 18.6 Å². The summed E-state index contributed by atoms with van der Waals surface area (Å²) < 4.78 is 28.6. The third-order valence-electron chi connectivity index (χ3n) is 8.02. The highest BCUT2D eigenvalue weighted by Gasteiger charge is 2.52. The van der Waals surface area contributed by atoms with Gasteiger partial charge in [0.1, 0.15) is 0 Å². The molecule has 0 unspecified atom stereocenters. The second kappa shape index (κ2) is 11.5. The summed E-state index contributed by atoms with van der Waals surface area (Å²) in [5.74, 6) is 0.236. The quantitative estimate of drug-likeness (QED) is 0.390. The van der Waals surface area contributed by atoms with E-state index in [1.165, 1.54) is 7.11 Å². The topological polar surface area (TPSA) is 81.0 Å². The maximum absolute atomic E-state index is 15.5. The highest BCUT2D eigenvalue weighted by molar-refractivity contribution is 6.72. The number of carbonyl (C=O) groups excluding carboxylic acids is 1. The molecule has 1 aromatic heterocycles. The number of rotatable bonds is 9. The van der Waals surface area contributed by atoms with Crippen molar-refractivity contribution in [3.8, 4) is 11.4 Å². The highest BCUT2D eigenvalue weighted by Crippen LogP contribution is 2.47. The lowest BCUT2D eigenvalue weighted by Gasteiger charge is -2.30. The number of nitrogens with zero attached hydrogens (tertiary/aromatic N) is 2. The van der Waals surface area contributed by atoms with Crippen LogP contribution in [0.5, 0.6) is 5.75 Å². The molecule has 2 fully saturated rings. The van der Waals surface area contributed by atoms with Gasteiger partial charge in [-0.25, -0.2) is 0 Å². The van der Waals surface area contributed by atoms with E-state index in [1.807, 2.05) is 31.2 Å². The van der Waals surface area contributed by atoms with E-state index in [2.05, 4.69) is 0 Å². The van der Waals surface area contributed by atoms with Crippen LogP contribution in [0.15, 0.2) is 47.4 Å². The number of ether oxygens (including phenoxy) is 2. The van der Waals surface area contributed by atoms with Crippen LogP contribution in [0.25, 0.3) is 5.69 Å². The molecule has 1 aromatic carbocycles. The number of aliphatic hydroxyl groups excluding tert-OH is 1. The Morgan fingerprint density at radius 2 is 2.03 bits per heavy atom. The van der Waals surface area contributed by atoms with Crippen LogP contribution < -0.4 is 10.3 Å². The molecule has 0 bridgehead atoms. The lowest BCUT2D eigenvalue weighted by atomic mass is 9.95. The van der Waals surface area contributed by atoms with Crippen LogP contribution in [-0.4, -0.2) is 67.4 Å². The second-order valence-corrected chi connectivity index (χ2v) is 14.7. The van der Waals surface area contributed by atoms with Crippen LogP contribution in [0.4, 0.5) is 4.11 Å². The lowest BCUT2D eigenvalue weighted by molar-refractivity contribution is -0.135. The van der Waals surface area contributed by atoms with Crippen molar-refractivity contribution < 1.29 is 23.5 Å². The summed E-state index contributed by atoms with van der Waals surface area (Å²) in [6.07, 6.45) is 4.38. The fourth-order valence-electron chi connectivity index (χ4n) is 6.22. The molecule has 2 aliphatic rings. The number of hydrogen-bond acceptors (Lipinski definition) is 5. The van der Waals surface area contributed by atoms with E-state index >= 15 is 4.11 Å². The standard InChI is InChI=1S/C28H39FN2O5Si/c1-19-23(13-12-20-8-5-9-21(16-20)31-15-7-11-24(35-2)28(31)34)36-25(27(19)37(3,4)29)17-26(33)30-14-6-10-22(30)18-32/h5,7-9,11,15-16,19,22-23,25,27,32H,6,10,12-14,17-18H2,1-4H3/t19-,22+,23+,25-,27+/m1/s1. The average molecular weight is 531 g/mol. The van der Waals surface area contributed by atoms with Crippen LogP contribution in [-0.2, 0) is 16.0 Å². The van der Waals surface area contributed by atoms with Crippen LogP contribution in [0.1, 0.15) is 38.2 Å². The monoisotopic (exact) mass is 530 g/mol. The molecule has 2 saturated heterocycles. The van der Waals surface area contributed by atoms with Gasteiger partial charge < -0.3 is 23.6 Å². The number of halogens is 1. The van der Waals surface area contributed by atoms with Crippen molar-refractivity contribution >= 4 is 14.3 Å². The van der Waals surface area contributed by atoms with Gasteiger partial charge in [-0.1, -0.05) is 19.1 Å². The van der Waals surface area contributed by atoms with E-state index in [9.17, 15) is 14.7 Å². The number of aryl methyl sites for hydroxylation is 1. The molecule has 3 heterocycles. The van der Waals surface area contributed by atoms with Gasteiger partial charge in [-0.2, -0.15) is 0 Å². The zero-order valence-electron chi connectivity index (χ0n) is 22.2. The highest BCUT2D eigenvalue weighted by atomic mass is 28.4. The predicted molar refractivity (Wildman–Crippen MR) is 144 cm³/mol. The minimum atomic E-state index is -3.10. The first-order valence-corrected chi connectivity index (χ1v) is 16.2. The first kappa shape index (κ1) is 27.5. The van der Waals surface area contributed by atoms with E-state index in [0.29, 0.717) is 19.4 Å². The SMILES string of the molecule is COc1cccn(-c2cccc(CC[C@@H]3O[C@H](CC(=O)N4CCC[C@H]4CO)[C@@H]([Si](C)(C)F)[C@@H]3C)c2)c1=O. The Balaban J connectivity index is 1.46. The molecule has 1 amide bonds. The van der Waals surface area contributed by atoms with E-state index in [1.54, 1.807) is 40.9 Å². The Bertz CT molecular complexity index is 1150. The van der Waals surface area contributed by atoms with E-state index < -0.39 is 14.5 Å². The molecule has 0 saturated carbocycles. The zero-order valence-corrected chi connectivity index (χ0v) is 23.2. The molecule has 2 aliphatic heterocycles. The van der Waals surface area contributed by atoms with Crippen molar-refractivity contribution in [1.82, 2.24) is 9.47 Å². The van der Waals surface area contributed by atoms with Gasteiger partial charge in [0, 0.05) is 24.0 Å². The summed E-state index contributed by atoms with van der Waals surface area (Å²) in [6, 6.07) is 11.1. The summed E-state index contributed by atoms with van der Waals surface area (Å²) in [5, 5.41) is 9.62. The Morgan fingerprint density at radius 3 is 2.73 bits per heavy atom. The Kier molecular flexibility index (Phi) is 8.55. The van der Waals surface area contributed by atoms with Crippen molar-refractivity contribution in [1.29, 1.82) is 0 Å². The number of methoxy groups -OCH3 is 1. The molecular formula is C28H39FN2O5Si. The Morgan fingerprint density at radius 1 is 1.24 bits per heavy atom. The molecule has 9 heteroatoms. The minimum Gasteiger partial charge on any atom is -0.491 e. The number of amides is 1. The summed E-state index contributed by atoms with van der Waals surface area (Å²) >= 11 is 0. The zero-order chi connectivity index (χ0) is 26.7. The smallest absolute Gasteiger partial charge is 0.297 e. The van der Waals surface area contributed by atoms with Crippen LogP contribution in [0.3, 0.4) is 0 Å². The van der Waals surface area contributed by atoms with Gasteiger partial charge in [0.15, 0.2) is 5.75 Å². The molecule has 7 nitrogen and oxygen atoms in total. The molecule has 2 aromatic rings. The van der Waals surface area contributed by atoms with Crippen molar-refractivity contribution in [3.63, 3.8) is 0 Å². The molecule has 202 valence electrons.